The highest BCUT2D eigenvalue weighted by Gasteiger charge is 2.26. The van der Waals surface area contributed by atoms with Crippen LogP contribution in [0.3, 0.4) is 0 Å². The molecule has 1 heterocycles. The fraction of sp³-hybridized carbons (Fsp3) is 0.316. The SMILES string of the molecule is Cc1ccc(S(=O)(=O)N2CCOCC2)cc1NC(=O)Cc1ccccc1F. The quantitative estimate of drug-likeness (QED) is 0.848. The molecule has 1 saturated heterocycles. The molecule has 0 saturated carbocycles. The first-order chi connectivity index (χ1) is 12.9. The summed E-state index contributed by atoms with van der Waals surface area (Å²) in [4.78, 5) is 12.4. The summed E-state index contributed by atoms with van der Waals surface area (Å²) in [7, 11) is -3.66. The lowest BCUT2D eigenvalue weighted by Crippen LogP contribution is -2.40. The molecule has 6 nitrogen and oxygen atoms in total. The van der Waals surface area contributed by atoms with Crippen molar-refractivity contribution >= 4 is 21.6 Å². The van der Waals surface area contributed by atoms with Crippen LogP contribution < -0.4 is 5.32 Å². The molecule has 0 radical (unpaired) electrons. The molecule has 144 valence electrons. The van der Waals surface area contributed by atoms with Gasteiger partial charge in [0.1, 0.15) is 5.82 Å². The van der Waals surface area contributed by atoms with Crippen LogP contribution in [0.4, 0.5) is 10.1 Å². The van der Waals surface area contributed by atoms with Crippen LogP contribution in [0, 0.1) is 12.7 Å². The number of nitrogens with zero attached hydrogens (tertiary/aromatic N) is 1. The summed E-state index contributed by atoms with van der Waals surface area (Å²) in [5.41, 5.74) is 1.40. The Morgan fingerprint density at radius 2 is 1.89 bits per heavy atom. The van der Waals surface area contributed by atoms with Crippen molar-refractivity contribution in [3.8, 4) is 0 Å². The molecule has 1 N–H and O–H groups in total. The second kappa shape index (κ2) is 8.16. The highest BCUT2D eigenvalue weighted by atomic mass is 32.2. The first kappa shape index (κ1) is 19.5. The molecule has 0 spiro atoms. The monoisotopic (exact) mass is 392 g/mol. The molecule has 1 aliphatic heterocycles. The van der Waals surface area contributed by atoms with E-state index in [2.05, 4.69) is 5.32 Å². The van der Waals surface area contributed by atoms with Gasteiger partial charge in [0.2, 0.25) is 15.9 Å². The average molecular weight is 392 g/mol. The Hall–Kier alpha value is -2.29. The maximum Gasteiger partial charge on any atom is 0.243 e. The number of carbonyl (C=O) groups is 1. The van der Waals surface area contributed by atoms with E-state index in [1.54, 1.807) is 31.2 Å². The number of hydrogen-bond acceptors (Lipinski definition) is 4. The van der Waals surface area contributed by atoms with Gasteiger partial charge in [0.25, 0.3) is 0 Å². The molecule has 0 aliphatic carbocycles. The van der Waals surface area contributed by atoms with Gasteiger partial charge in [-0.15, -0.1) is 0 Å². The van der Waals surface area contributed by atoms with Crippen LogP contribution >= 0.6 is 0 Å². The van der Waals surface area contributed by atoms with E-state index in [0.29, 0.717) is 32.0 Å². The molecule has 0 unspecified atom stereocenters. The second-order valence-corrected chi connectivity index (χ2v) is 8.25. The van der Waals surface area contributed by atoms with Crippen molar-refractivity contribution in [2.45, 2.75) is 18.2 Å². The van der Waals surface area contributed by atoms with Crippen LogP contribution in [-0.2, 0) is 26.0 Å². The van der Waals surface area contributed by atoms with Crippen LogP contribution in [0.1, 0.15) is 11.1 Å². The lowest BCUT2D eigenvalue weighted by molar-refractivity contribution is -0.115. The van der Waals surface area contributed by atoms with Gasteiger partial charge in [0.15, 0.2) is 0 Å². The number of morpholine rings is 1. The molecule has 0 bridgehead atoms. The van der Waals surface area contributed by atoms with Crippen LogP contribution in [0.2, 0.25) is 0 Å². The van der Waals surface area contributed by atoms with E-state index < -0.39 is 21.7 Å². The Morgan fingerprint density at radius 3 is 2.59 bits per heavy atom. The van der Waals surface area contributed by atoms with E-state index in [4.69, 9.17) is 4.74 Å². The average Bonchev–Trinajstić information content (AvgIpc) is 2.66. The zero-order chi connectivity index (χ0) is 19.4. The number of sulfonamides is 1. The summed E-state index contributed by atoms with van der Waals surface area (Å²) in [6.07, 6.45) is -0.132. The van der Waals surface area contributed by atoms with Crippen LogP contribution in [-0.4, -0.2) is 44.9 Å². The number of ether oxygens (including phenoxy) is 1. The van der Waals surface area contributed by atoms with E-state index >= 15 is 0 Å². The van der Waals surface area contributed by atoms with Crippen molar-refractivity contribution in [2.24, 2.45) is 0 Å². The number of aryl methyl sites for hydroxylation is 1. The smallest absolute Gasteiger partial charge is 0.243 e. The van der Waals surface area contributed by atoms with Gasteiger partial charge in [-0.1, -0.05) is 24.3 Å². The first-order valence-corrected chi connectivity index (χ1v) is 10.0. The highest BCUT2D eigenvalue weighted by Crippen LogP contribution is 2.24. The highest BCUT2D eigenvalue weighted by molar-refractivity contribution is 7.89. The molecule has 2 aromatic rings. The minimum absolute atomic E-state index is 0.108. The molecule has 1 fully saturated rings. The van der Waals surface area contributed by atoms with Gasteiger partial charge in [-0.2, -0.15) is 4.31 Å². The fourth-order valence-corrected chi connectivity index (χ4v) is 4.28. The first-order valence-electron chi connectivity index (χ1n) is 8.60. The topological polar surface area (TPSA) is 75.7 Å². The van der Waals surface area contributed by atoms with Crippen molar-refractivity contribution < 1.29 is 22.3 Å². The third-order valence-corrected chi connectivity index (χ3v) is 6.29. The third-order valence-electron chi connectivity index (χ3n) is 4.40. The second-order valence-electron chi connectivity index (χ2n) is 6.31. The number of nitrogens with one attached hydrogen (secondary N) is 1. The Balaban J connectivity index is 1.79. The van der Waals surface area contributed by atoms with Crippen molar-refractivity contribution in [2.75, 3.05) is 31.6 Å². The maximum atomic E-state index is 13.7. The minimum Gasteiger partial charge on any atom is -0.379 e. The maximum absolute atomic E-state index is 13.7. The zero-order valence-corrected chi connectivity index (χ0v) is 15.8. The third kappa shape index (κ3) is 4.52. The molecular weight excluding hydrogens is 371 g/mol. The number of carbonyl (C=O) groups excluding carboxylic acids is 1. The lowest BCUT2D eigenvalue weighted by Gasteiger charge is -2.26. The molecule has 0 atom stereocenters. The van der Waals surface area contributed by atoms with Gasteiger partial charge in [-0.3, -0.25) is 4.79 Å². The normalized spacial score (nSPS) is 15.5. The molecule has 0 aromatic heterocycles. The van der Waals surface area contributed by atoms with Crippen molar-refractivity contribution in [3.05, 3.63) is 59.4 Å². The molecule has 8 heteroatoms. The van der Waals surface area contributed by atoms with E-state index in [-0.39, 0.29) is 16.9 Å². The van der Waals surface area contributed by atoms with Crippen molar-refractivity contribution in [1.29, 1.82) is 0 Å². The van der Waals surface area contributed by atoms with Gasteiger partial charge in [-0.05, 0) is 36.2 Å². The molecule has 2 aromatic carbocycles. The van der Waals surface area contributed by atoms with E-state index in [9.17, 15) is 17.6 Å². The van der Waals surface area contributed by atoms with Crippen LogP contribution in [0.25, 0.3) is 0 Å². The number of amides is 1. The van der Waals surface area contributed by atoms with E-state index in [1.807, 2.05) is 0 Å². The van der Waals surface area contributed by atoms with Crippen LogP contribution in [0.15, 0.2) is 47.4 Å². The Labute approximate surface area is 158 Å². The number of benzene rings is 2. The number of rotatable bonds is 5. The summed E-state index contributed by atoms with van der Waals surface area (Å²) in [6, 6.07) is 10.7. The molecule has 27 heavy (non-hydrogen) atoms. The predicted molar refractivity (Wildman–Crippen MR) is 99.5 cm³/mol. The number of hydrogen-bond donors (Lipinski definition) is 1. The largest absolute Gasteiger partial charge is 0.379 e. The van der Waals surface area contributed by atoms with E-state index in [1.165, 1.54) is 22.5 Å². The number of halogens is 1. The summed E-state index contributed by atoms with van der Waals surface area (Å²) < 4.78 is 45.8. The van der Waals surface area contributed by atoms with Crippen molar-refractivity contribution in [1.82, 2.24) is 4.31 Å². The summed E-state index contributed by atoms with van der Waals surface area (Å²) in [6.45, 7) is 3.08. The molecule has 1 amide bonds. The summed E-state index contributed by atoms with van der Waals surface area (Å²) >= 11 is 0. The Morgan fingerprint density at radius 1 is 1.19 bits per heavy atom. The van der Waals surface area contributed by atoms with Gasteiger partial charge < -0.3 is 10.1 Å². The predicted octanol–water partition coefficient (Wildman–Crippen LogP) is 2.34. The molecular formula is C19H21FN2O4S. The zero-order valence-electron chi connectivity index (χ0n) is 14.9. The van der Waals surface area contributed by atoms with E-state index in [0.717, 1.165) is 5.56 Å². The van der Waals surface area contributed by atoms with Gasteiger partial charge in [0.05, 0.1) is 24.5 Å². The van der Waals surface area contributed by atoms with Gasteiger partial charge >= 0.3 is 0 Å². The lowest BCUT2D eigenvalue weighted by atomic mass is 10.1. The summed E-state index contributed by atoms with van der Waals surface area (Å²) in [5, 5.41) is 2.69. The fourth-order valence-electron chi connectivity index (χ4n) is 2.84. The Bertz CT molecular complexity index is 940. The standard InChI is InChI=1S/C19H21FN2O4S/c1-14-6-7-16(27(24,25)22-8-10-26-11-9-22)13-18(14)21-19(23)12-15-4-2-3-5-17(15)20/h2-7,13H,8-12H2,1H3,(H,21,23). The Kier molecular flexibility index (Phi) is 5.88. The molecule has 1 aliphatic rings. The van der Waals surface area contributed by atoms with Crippen LogP contribution in [0.5, 0.6) is 0 Å². The molecule has 3 rings (SSSR count). The van der Waals surface area contributed by atoms with Gasteiger partial charge in [0, 0.05) is 18.8 Å². The summed E-state index contributed by atoms with van der Waals surface area (Å²) in [5.74, 6) is -0.864. The van der Waals surface area contributed by atoms with Gasteiger partial charge in [-0.25, -0.2) is 12.8 Å². The number of anilines is 1. The van der Waals surface area contributed by atoms with Crippen molar-refractivity contribution in [3.63, 3.8) is 0 Å². The minimum atomic E-state index is -3.66.